The lowest BCUT2D eigenvalue weighted by molar-refractivity contribution is 0.0290. The van der Waals surface area contributed by atoms with E-state index in [9.17, 15) is 4.79 Å². The second-order valence-corrected chi connectivity index (χ2v) is 8.12. The fraction of sp³-hybridized carbons (Fsp3) is 0.941. The Kier molecular flexibility index (Phi) is 5.38. The first-order chi connectivity index (χ1) is 10.2. The van der Waals surface area contributed by atoms with Gasteiger partial charge in [-0.05, 0) is 54.1 Å². The highest BCUT2D eigenvalue weighted by atomic mass is 16.6. The van der Waals surface area contributed by atoms with E-state index >= 15 is 0 Å². The molecule has 0 aromatic heterocycles. The van der Waals surface area contributed by atoms with Crippen molar-refractivity contribution < 1.29 is 9.53 Å². The average molecular weight is 311 g/mol. The molecule has 0 aromatic carbocycles. The second kappa shape index (κ2) is 6.75. The third-order valence-corrected chi connectivity index (χ3v) is 5.04. The van der Waals surface area contributed by atoms with Crippen LogP contribution in [0.3, 0.4) is 0 Å². The Bertz CT molecular complexity index is 384. The minimum atomic E-state index is -0.415. The Labute approximate surface area is 135 Å². The Morgan fingerprint density at radius 2 is 1.95 bits per heavy atom. The van der Waals surface area contributed by atoms with Crippen LogP contribution in [0.4, 0.5) is 4.79 Å². The monoisotopic (exact) mass is 311 g/mol. The fourth-order valence-electron chi connectivity index (χ4n) is 3.57. The molecule has 1 unspecified atom stereocenters. The molecule has 2 aliphatic rings. The topological polar surface area (TPSA) is 44.8 Å². The van der Waals surface area contributed by atoms with Gasteiger partial charge in [0.1, 0.15) is 5.60 Å². The maximum atomic E-state index is 12.1. The average Bonchev–Trinajstić information content (AvgIpc) is 3.04. The molecule has 5 heteroatoms. The van der Waals surface area contributed by atoms with Crippen molar-refractivity contribution in [1.82, 2.24) is 15.1 Å². The van der Waals surface area contributed by atoms with E-state index in [1.807, 2.05) is 25.7 Å². The number of carbonyl (C=O) groups is 1. The Hall–Kier alpha value is -0.810. The van der Waals surface area contributed by atoms with Gasteiger partial charge in [-0.15, -0.1) is 0 Å². The predicted octanol–water partition coefficient (Wildman–Crippen LogP) is 2.46. The van der Waals surface area contributed by atoms with Gasteiger partial charge in [0, 0.05) is 31.2 Å². The number of hydrogen-bond donors (Lipinski definition) is 1. The molecule has 1 aliphatic heterocycles. The molecule has 2 fully saturated rings. The van der Waals surface area contributed by atoms with Crippen LogP contribution in [0.15, 0.2) is 0 Å². The van der Waals surface area contributed by atoms with Crippen LogP contribution in [-0.2, 0) is 4.74 Å². The summed E-state index contributed by atoms with van der Waals surface area (Å²) in [5.74, 6) is 0. The summed E-state index contributed by atoms with van der Waals surface area (Å²) in [5.41, 5.74) is -0.110. The summed E-state index contributed by atoms with van der Waals surface area (Å²) in [7, 11) is 4.38. The zero-order valence-electron chi connectivity index (χ0n) is 14.9. The van der Waals surface area contributed by atoms with E-state index in [0.717, 1.165) is 26.1 Å². The van der Waals surface area contributed by atoms with Gasteiger partial charge in [0.2, 0.25) is 0 Å². The van der Waals surface area contributed by atoms with Crippen molar-refractivity contribution in [3.05, 3.63) is 0 Å². The molecule has 1 amide bonds. The Balaban J connectivity index is 1.80. The number of nitrogens with one attached hydrogen (secondary N) is 1. The Morgan fingerprint density at radius 1 is 1.32 bits per heavy atom. The van der Waals surface area contributed by atoms with Crippen molar-refractivity contribution in [2.75, 3.05) is 33.7 Å². The lowest BCUT2D eigenvalue weighted by Gasteiger charge is -2.37. The summed E-state index contributed by atoms with van der Waals surface area (Å²) in [6.07, 6.45) is 6.04. The lowest BCUT2D eigenvalue weighted by atomic mass is 9.95. The van der Waals surface area contributed by atoms with Crippen LogP contribution in [0.2, 0.25) is 0 Å². The largest absolute Gasteiger partial charge is 0.444 e. The number of amides is 1. The van der Waals surface area contributed by atoms with Crippen LogP contribution in [0, 0.1) is 0 Å². The van der Waals surface area contributed by atoms with Gasteiger partial charge in [-0.3, -0.25) is 0 Å². The molecular formula is C17H33N3O2. The number of carbonyl (C=O) groups excluding carboxylic acids is 1. The summed E-state index contributed by atoms with van der Waals surface area (Å²) >= 11 is 0. The molecule has 2 rings (SSSR count). The summed E-state index contributed by atoms with van der Waals surface area (Å²) in [6.45, 7) is 8.32. The van der Waals surface area contributed by atoms with E-state index in [4.69, 9.17) is 4.74 Å². The van der Waals surface area contributed by atoms with Gasteiger partial charge >= 0.3 is 6.09 Å². The highest BCUT2D eigenvalue weighted by Crippen LogP contribution is 2.33. The van der Waals surface area contributed by atoms with Crippen molar-refractivity contribution in [3.8, 4) is 0 Å². The van der Waals surface area contributed by atoms with Crippen molar-refractivity contribution in [3.63, 3.8) is 0 Å². The van der Waals surface area contributed by atoms with Crippen LogP contribution in [-0.4, -0.2) is 66.8 Å². The van der Waals surface area contributed by atoms with Gasteiger partial charge in [-0.1, -0.05) is 12.8 Å². The second-order valence-electron chi connectivity index (χ2n) is 8.12. The standard InChI is InChI=1S/C17H33N3O2/c1-16(2,3)22-15(21)20-11-8-14(12-20)18-13-17(19(4)5)9-6-7-10-17/h14,18H,6-13H2,1-5H3. The molecule has 0 radical (unpaired) electrons. The smallest absolute Gasteiger partial charge is 0.410 e. The van der Waals surface area contributed by atoms with Crippen LogP contribution in [0.5, 0.6) is 0 Å². The molecule has 0 spiro atoms. The third kappa shape index (κ3) is 4.35. The molecule has 1 saturated heterocycles. The van der Waals surface area contributed by atoms with E-state index in [-0.39, 0.29) is 6.09 Å². The SMILES string of the molecule is CN(C)C1(CNC2CCN(C(=O)OC(C)(C)C)C2)CCCC1. The quantitative estimate of drug-likeness (QED) is 0.866. The molecule has 128 valence electrons. The highest BCUT2D eigenvalue weighted by molar-refractivity contribution is 5.68. The van der Waals surface area contributed by atoms with Gasteiger partial charge < -0.3 is 19.9 Å². The molecule has 1 N–H and O–H groups in total. The van der Waals surface area contributed by atoms with Gasteiger partial charge in [0.05, 0.1) is 0 Å². The molecule has 5 nitrogen and oxygen atoms in total. The van der Waals surface area contributed by atoms with Crippen molar-refractivity contribution >= 4 is 6.09 Å². The summed E-state index contributed by atoms with van der Waals surface area (Å²) in [4.78, 5) is 16.3. The first kappa shape index (κ1) is 17.5. The van der Waals surface area contributed by atoms with Gasteiger partial charge in [0.15, 0.2) is 0 Å². The lowest BCUT2D eigenvalue weighted by Crippen LogP contribution is -2.52. The van der Waals surface area contributed by atoms with Crippen LogP contribution >= 0.6 is 0 Å². The minimum Gasteiger partial charge on any atom is -0.444 e. The summed E-state index contributed by atoms with van der Waals surface area (Å²) < 4.78 is 5.46. The third-order valence-electron chi connectivity index (χ3n) is 5.04. The molecule has 1 heterocycles. The summed E-state index contributed by atoms with van der Waals surface area (Å²) in [6, 6.07) is 0.393. The molecule has 22 heavy (non-hydrogen) atoms. The van der Waals surface area contributed by atoms with Crippen molar-refractivity contribution in [2.45, 2.75) is 70.1 Å². The van der Waals surface area contributed by atoms with E-state index in [1.165, 1.54) is 25.7 Å². The Morgan fingerprint density at radius 3 is 2.50 bits per heavy atom. The number of likely N-dealkylation sites (tertiary alicyclic amines) is 1. The zero-order valence-corrected chi connectivity index (χ0v) is 14.9. The van der Waals surface area contributed by atoms with E-state index < -0.39 is 5.60 Å². The molecule has 0 aromatic rings. The van der Waals surface area contributed by atoms with E-state index in [0.29, 0.717) is 11.6 Å². The summed E-state index contributed by atoms with van der Waals surface area (Å²) in [5, 5.41) is 3.70. The first-order valence-electron chi connectivity index (χ1n) is 8.61. The number of ether oxygens (including phenoxy) is 1. The van der Waals surface area contributed by atoms with Crippen LogP contribution in [0.25, 0.3) is 0 Å². The normalized spacial score (nSPS) is 25.0. The molecule has 1 saturated carbocycles. The highest BCUT2D eigenvalue weighted by Gasteiger charge is 2.37. The molecule has 1 aliphatic carbocycles. The number of hydrogen-bond acceptors (Lipinski definition) is 4. The van der Waals surface area contributed by atoms with Crippen LogP contribution in [0.1, 0.15) is 52.9 Å². The fourth-order valence-corrected chi connectivity index (χ4v) is 3.57. The van der Waals surface area contributed by atoms with Crippen LogP contribution < -0.4 is 5.32 Å². The van der Waals surface area contributed by atoms with E-state index in [2.05, 4.69) is 24.3 Å². The first-order valence-corrected chi connectivity index (χ1v) is 8.61. The zero-order chi connectivity index (χ0) is 16.4. The number of nitrogens with zero attached hydrogens (tertiary/aromatic N) is 2. The van der Waals surface area contributed by atoms with Gasteiger partial charge in [-0.25, -0.2) is 4.79 Å². The predicted molar refractivity (Wildman–Crippen MR) is 89.1 cm³/mol. The van der Waals surface area contributed by atoms with Crippen molar-refractivity contribution in [2.24, 2.45) is 0 Å². The minimum absolute atomic E-state index is 0.181. The van der Waals surface area contributed by atoms with Crippen molar-refractivity contribution in [1.29, 1.82) is 0 Å². The molecule has 0 bridgehead atoms. The molecule has 1 atom stereocenters. The van der Waals surface area contributed by atoms with E-state index in [1.54, 1.807) is 0 Å². The van der Waals surface area contributed by atoms with Gasteiger partial charge in [-0.2, -0.15) is 0 Å². The number of likely N-dealkylation sites (N-methyl/N-ethyl adjacent to an activating group) is 1. The maximum absolute atomic E-state index is 12.1. The maximum Gasteiger partial charge on any atom is 0.410 e. The molecular weight excluding hydrogens is 278 g/mol. The van der Waals surface area contributed by atoms with Gasteiger partial charge in [0.25, 0.3) is 0 Å². The number of rotatable bonds is 4.